The SMILES string of the molecule is CCCCCCCCCCCOC(=O)C(CC)(CC)C(=O)Oc1ccccc1CC. The fourth-order valence-corrected chi connectivity index (χ4v) is 3.72. The number of carbonyl (C=O) groups excluding carboxylic acids is 2. The second kappa shape index (κ2) is 15.0. The molecule has 0 aliphatic rings. The molecule has 0 aliphatic heterocycles. The van der Waals surface area contributed by atoms with Gasteiger partial charge < -0.3 is 9.47 Å². The molecule has 0 saturated carbocycles. The highest BCUT2D eigenvalue weighted by molar-refractivity contribution is 6.00. The second-order valence-corrected chi connectivity index (χ2v) is 8.10. The predicted molar refractivity (Wildman–Crippen MR) is 123 cm³/mol. The fraction of sp³-hybridized carbons (Fsp3) is 0.692. The van der Waals surface area contributed by atoms with Crippen LogP contribution in [0.3, 0.4) is 0 Å². The van der Waals surface area contributed by atoms with Crippen molar-refractivity contribution in [1.29, 1.82) is 0 Å². The molecule has 4 nitrogen and oxygen atoms in total. The number of hydrogen-bond acceptors (Lipinski definition) is 4. The first-order valence-corrected chi connectivity index (χ1v) is 12.0. The van der Waals surface area contributed by atoms with Gasteiger partial charge in [0.15, 0.2) is 5.41 Å². The van der Waals surface area contributed by atoms with Gasteiger partial charge >= 0.3 is 11.9 Å². The summed E-state index contributed by atoms with van der Waals surface area (Å²) in [6.45, 7) is 8.30. The van der Waals surface area contributed by atoms with Gasteiger partial charge in [-0.15, -0.1) is 0 Å². The Morgan fingerprint density at radius 2 is 1.33 bits per heavy atom. The van der Waals surface area contributed by atoms with Crippen LogP contribution >= 0.6 is 0 Å². The smallest absolute Gasteiger partial charge is 0.328 e. The fourth-order valence-electron chi connectivity index (χ4n) is 3.72. The summed E-state index contributed by atoms with van der Waals surface area (Å²) in [6, 6.07) is 7.47. The van der Waals surface area contributed by atoms with Crippen LogP contribution in [0.25, 0.3) is 0 Å². The Bertz CT molecular complexity index is 619. The monoisotopic (exact) mass is 418 g/mol. The summed E-state index contributed by atoms with van der Waals surface area (Å²) in [5, 5.41) is 0. The quantitative estimate of drug-likeness (QED) is 0.125. The molecule has 1 aromatic rings. The van der Waals surface area contributed by atoms with E-state index in [4.69, 9.17) is 9.47 Å². The van der Waals surface area contributed by atoms with Gasteiger partial charge in [-0.05, 0) is 37.3 Å². The van der Waals surface area contributed by atoms with Crippen molar-refractivity contribution in [2.45, 2.75) is 105 Å². The lowest BCUT2D eigenvalue weighted by Crippen LogP contribution is -2.42. The number of aryl methyl sites for hydroxylation is 1. The van der Waals surface area contributed by atoms with E-state index in [-0.39, 0.29) is 0 Å². The van der Waals surface area contributed by atoms with Gasteiger partial charge in [0, 0.05) is 0 Å². The van der Waals surface area contributed by atoms with E-state index in [9.17, 15) is 9.59 Å². The number of carbonyl (C=O) groups is 2. The van der Waals surface area contributed by atoms with Crippen LogP contribution in [0, 0.1) is 5.41 Å². The van der Waals surface area contributed by atoms with Gasteiger partial charge in [-0.3, -0.25) is 9.59 Å². The molecule has 30 heavy (non-hydrogen) atoms. The first-order chi connectivity index (χ1) is 14.6. The zero-order valence-corrected chi connectivity index (χ0v) is 19.6. The van der Waals surface area contributed by atoms with E-state index in [1.54, 1.807) is 6.07 Å². The van der Waals surface area contributed by atoms with Crippen molar-refractivity contribution in [3.05, 3.63) is 29.8 Å². The normalized spacial score (nSPS) is 11.3. The van der Waals surface area contributed by atoms with Crippen molar-refractivity contribution in [2.75, 3.05) is 6.61 Å². The second-order valence-electron chi connectivity index (χ2n) is 8.10. The van der Waals surface area contributed by atoms with E-state index >= 15 is 0 Å². The first-order valence-electron chi connectivity index (χ1n) is 12.0. The van der Waals surface area contributed by atoms with Gasteiger partial charge in [-0.1, -0.05) is 97.3 Å². The van der Waals surface area contributed by atoms with Crippen molar-refractivity contribution < 1.29 is 19.1 Å². The Morgan fingerprint density at radius 1 is 0.767 bits per heavy atom. The molecule has 0 amide bonds. The summed E-state index contributed by atoms with van der Waals surface area (Å²) < 4.78 is 11.2. The Kier molecular flexibility index (Phi) is 13.1. The van der Waals surface area contributed by atoms with Crippen LogP contribution in [0.4, 0.5) is 0 Å². The molecule has 0 aromatic heterocycles. The highest BCUT2D eigenvalue weighted by Gasteiger charge is 2.46. The lowest BCUT2D eigenvalue weighted by Gasteiger charge is -2.27. The standard InChI is InChI=1S/C26H42O4/c1-5-9-10-11-12-13-14-15-18-21-29-24(27)26(7-3,8-4)25(28)30-23-20-17-16-19-22(23)6-2/h16-17,19-20H,5-15,18,21H2,1-4H3. The average Bonchev–Trinajstić information content (AvgIpc) is 2.76. The van der Waals surface area contributed by atoms with Gasteiger partial charge in [0.05, 0.1) is 6.61 Å². The van der Waals surface area contributed by atoms with Gasteiger partial charge in [0.2, 0.25) is 0 Å². The summed E-state index contributed by atoms with van der Waals surface area (Å²) in [5.41, 5.74) is -0.282. The minimum Gasteiger partial charge on any atom is -0.465 e. The van der Waals surface area contributed by atoms with Crippen molar-refractivity contribution in [1.82, 2.24) is 0 Å². The first kappa shape index (κ1) is 26.2. The zero-order valence-electron chi connectivity index (χ0n) is 19.6. The minimum atomic E-state index is -1.24. The maximum atomic E-state index is 13.0. The van der Waals surface area contributed by atoms with Crippen molar-refractivity contribution >= 4 is 11.9 Å². The van der Waals surface area contributed by atoms with Crippen molar-refractivity contribution in [3.63, 3.8) is 0 Å². The molecule has 1 rings (SSSR count). The Balaban J connectivity index is 2.48. The average molecular weight is 419 g/mol. The molecule has 0 atom stereocenters. The molecular weight excluding hydrogens is 376 g/mol. The summed E-state index contributed by atoms with van der Waals surface area (Å²) in [4.78, 5) is 25.8. The largest absolute Gasteiger partial charge is 0.465 e. The minimum absolute atomic E-state index is 0.368. The lowest BCUT2D eigenvalue weighted by molar-refractivity contribution is -0.168. The molecule has 0 N–H and O–H groups in total. The van der Waals surface area contributed by atoms with E-state index in [2.05, 4.69) is 6.92 Å². The van der Waals surface area contributed by atoms with E-state index in [1.165, 1.54) is 44.9 Å². The van der Waals surface area contributed by atoms with E-state index in [0.717, 1.165) is 24.8 Å². The summed E-state index contributed by atoms with van der Waals surface area (Å²) >= 11 is 0. The van der Waals surface area contributed by atoms with Crippen LogP contribution < -0.4 is 4.74 Å². The van der Waals surface area contributed by atoms with Crippen LogP contribution in [0.5, 0.6) is 5.75 Å². The number of para-hydroxylation sites is 1. The number of ether oxygens (including phenoxy) is 2. The summed E-state index contributed by atoms with van der Waals surface area (Å²) in [7, 11) is 0. The third-order valence-corrected chi connectivity index (χ3v) is 6.03. The van der Waals surface area contributed by atoms with Crippen molar-refractivity contribution in [2.24, 2.45) is 5.41 Å². The molecule has 0 spiro atoms. The molecule has 4 heteroatoms. The highest BCUT2D eigenvalue weighted by atomic mass is 16.6. The highest BCUT2D eigenvalue weighted by Crippen LogP contribution is 2.32. The molecule has 0 bridgehead atoms. The number of esters is 2. The molecule has 0 aliphatic carbocycles. The van der Waals surface area contributed by atoms with Gasteiger partial charge in [-0.2, -0.15) is 0 Å². The molecule has 170 valence electrons. The molecule has 0 unspecified atom stereocenters. The third-order valence-electron chi connectivity index (χ3n) is 6.03. The molecule has 0 heterocycles. The summed E-state index contributed by atoms with van der Waals surface area (Å²) in [5.74, 6) is -0.431. The molecule has 0 radical (unpaired) electrons. The summed E-state index contributed by atoms with van der Waals surface area (Å²) in [6.07, 6.45) is 12.4. The predicted octanol–water partition coefficient (Wildman–Crippen LogP) is 7.03. The van der Waals surface area contributed by atoms with Crippen molar-refractivity contribution in [3.8, 4) is 5.75 Å². The van der Waals surface area contributed by atoms with E-state index < -0.39 is 17.4 Å². The number of rotatable bonds is 16. The molecule has 0 saturated heterocycles. The number of unbranched alkanes of at least 4 members (excludes halogenated alkanes) is 8. The number of benzene rings is 1. The number of hydrogen-bond donors (Lipinski definition) is 0. The maximum Gasteiger partial charge on any atom is 0.328 e. The Hall–Kier alpha value is -1.84. The van der Waals surface area contributed by atoms with Crippen LogP contribution in [0.2, 0.25) is 0 Å². The zero-order chi connectivity index (χ0) is 22.2. The van der Waals surface area contributed by atoms with Crippen LogP contribution in [-0.4, -0.2) is 18.5 Å². The van der Waals surface area contributed by atoms with Gasteiger partial charge in [0.1, 0.15) is 5.75 Å². The van der Waals surface area contributed by atoms with Gasteiger partial charge in [0.25, 0.3) is 0 Å². The lowest BCUT2D eigenvalue weighted by atomic mass is 9.82. The van der Waals surface area contributed by atoms with Crippen LogP contribution in [-0.2, 0) is 20.7 Å². The van der Waals surface area contributed by atoms with Crippen LogP contribution in [0.1, 0.15) is 104 Å². The Labute approximate surface area is 183 Å². The van der Waals surface area contributed by atoms with Crippen LogP contribution in [0.15, 0.2) is 24.3 Å². The topological polar surface area (TPSA) is 52.6 Å². The molecule has 1 aromatic carbocycles. The maximum absolute atomic E-state index is 13.0. The van der Waals surface area contributed by atoms with E-state index in [0.29, 0.717) is 25.2 Å². The molecular formula is C26H42O4. The Morgan fingerprint density at radius 3 is 1.90 bits per heavy atom. The third kappa shape index (κ3) is 8.12. The van der Waals surface area contributed by atoms with E-state index in [1.807, 2.05) is 39.0 Å². The van der Waals surface area contributed by atoms with Gasteiger partial charge in [-0.25, -0.2) is 0 Å². The molecule has 0 fully saturated rings.